The van der Waals surface area contributed by atoms with E-state index in [1.807, 2.05) is 24.3 Å². The number of amides is 1. The van der Waals surface area contributed by atoms with Gasteiger partial charge in [0.25, 0.3) is 0 Å². The highest BCUT2D eigenvalue weighted by atomic mass is 19.2. The van der Waals surface area contributed by atoms with Crippen molar-refractivity contribution >= 4 is 22.5 Å². The number of nitrogens with one attached hydrogen (secondary N) is 1. The van der Waals surface area contributed by atoms with E-state index in [1.54, 1.807) is 12.1 Å². The summed E-state index contributed by atoms with van der Waals surface area (Å²) < 4.78 is 26.7. The van der Waals surface area contributed by atoms with E-state index >= 15 is 0 Å². The van der Waals surface area contributed by atoms with Gasteiger partial charge in [0.2, 0.25) is 5.91 Å². The Morgan fingerprint density at radius 1 is 1.14 bits per heavy atom. The molecule has 2 N–H and O–H groups in total. The number of benzene rings is 2. The molecule has 1 aromatic heterocycles. The van der Waals surface area contributed by atoms with E-state index in [0.717, 1.165) is 40.7 Å². The Hall–Kier alpha value is -3.06. The van der Waals surface area contributed by atoms with E-state index in [2.05, 4.69) is 43.6 Å². The maximum Gasteiger partial charge on any atom is 0.404 e. The van der Waals surface area contributed by atoms with Gasteiger partial charge < -0.3 is 24.5 Å². The van der Waals surface area contributed by atoms with Crippen LogP contribution in [-0.2, 0) is 22.2 Å². The van der Waals surface area contributed by atoms with Crippen molar-refractivity contribution in [1.82, 2.24) is 4.57 Å². The summed E-state index contributed by atoms with van der Waals surface area (Å²) in [6, 6.07) is 11.1. The molecular formula is C29H35FN2O4. The Labute approximate surface area is 211 Å². The minimum Gasteiger partial charge on any atom is -0.423 e. The molecule has 36 heavy (non-hydrogen) atoms. The van der Waals surface area contributed by atoms with Crippen LogP contribution in [0.15, 0.2) is 42.5 Å². The molecule has 2 atom stereocenters. The van der Waals surface area contributed by atoms with Gasteiger partial charge >= 0.3 is 6.04 Å². The average molecular weight is 495 g/mol. The third kappa shape index (κ3) is 4.45. The summed E-state index contributed by atoms with van der Waals surface area (Å²) in [5.41, 5.74) is 2.96. The second-order valence-electron chi connectivity index (χ2n) is 11.3. The first-order valence-electron chi connectivity index (χ1n) is 12.8. The number of carbonyl (C=O) groups excluding carboxylic acids is 1. The molecule has 192 valence electrons. The highest BCUT2D eigenvalue weighted by Gasteiger charge is 2.52. The molecule has 2 heterocycles. The van der Waals surface area contributed by atoms with Crippen LogP contribution in [0.5, 0.6) is 11.5 Å². The summed E-state index contributed by atoms with van der Waals surface area (Å²) in [5, 5.41) is 14.6. The standard InChI is InChI=1S/C29H35FN2O4/c1-6-7-21(33)17-32-22-10-9-20(14-18(22)15-25(32)27(2,3)4)31-26(34)29(12-13-29)19-8-11-23-24(16-19)36-28(5,30)35-23/h8-11,14-16,21,33H,6-7,12-13,17H2,1-5H3,(H,31,34). The third-order valence-corrected chi connectivity index (χ3v) is 7.21. The number of anilines is 1. The number of halogens is 1. The monoisotopic (exact) mass is 494 g/mol. The summed E-state index contributed by atoms with van der Waals surface area (Å²) in [6.07, 6.45) is 2.71. The zero-order chi connectivity index (χ0) is 25.9. The van der Waals surface area contributed by atoms with Crippen LogP contribution in [0.4, 0.5) is 10.1 Å². The van der Waals surface area contributed by atoms with Crippen LogP contribution in [0.2, 0.25) is 0 Å². The number of rotatable bonds is 7. The minimum atomic E-state index is -2.19. The average Bonchev–Trinajstić information content (AvgIpc) is 3.43. The largest absolute Gasteiger partial charge is 0.423 e. The molecular weight excluding hydrogens is 459 g/mol. The number of fused-ring (bicyclic) bond motifs is 2. The molecule has 2 aliphatic rings. The lowest BCUT2D eigenvalue weighted by Crippen LogP contribution is -2.28. The second kappa shape index (κ2) is 8.51. The lowest BCUT2D eigenvalue weighted by Gasteiger charge is -2.23. The zero-order valence-electron chi connectivity index (χ0n) is 21.7. The third-order valence-electron chi connectivity index (χ3n) is 7.21. The van der Waals surface area contributed by atoms with Crippen molar-refractivity contribution in [2.75, 3.05) is 5.32 Å². The first-order chi connectivity index (χ1) is 16.9. The summed E-state index contributed by atoms with van der Waals surface area (Å²) in [6.45, 7) is 10.3. The predicted octanol–water partition coefficient (Wildman–Crippen LogP) is 6.18. The van der Waals surface area contributed by atoms with Crippen LogP contribution >= 0.6 is 0 Å². The van der Waals surface area contributed by atoms with Crippen molar-refractivity contribution in [1.29, 1.82) is 0 Å². The molecule has 0 spiro atoms. The molecule has 1 amide bonds. The summed E-state index contributed by atoms with van der Waals surface area (Å²) >= 11 is 0. The maximum atomic E-state index is 14.1. The number of nitrogens with zero attached hydrogens (tertiary/aromatic N) is 1. The molecule has 6 nitrogen and oxygen atoms in total. The van der Waals surface area contributed by atoms with Crippen molar-refractivity contribution in [3.05, 3.63) is 53.7 Å². The number of aliphatic hydroxyl groups excluding tert-OH is 1. The van der Waals surface area contributed by atoms with Crippen LogP contribution in [0.3, 0.4) is 0 Å². The second-order valence-corrected chi connectivity index (χ2v) is 11.3. The number of aromatic nitrogens is 1. The van der Waals surface area contributed by atoms with Crippen LogP contribution in [0, 0.1) is 0 Å². The van der Waals surface area contributed by atoms with Gasteiger partial charge in [-0.15, -0.1) is 0 Å². The van der Waals surface area contributed by atoms with Crippen LogP contribution in [0.1, 0.15) is 71.6 Å². The Balaban J connectivity index is 1.40. The van der Waals surface area contributed by atoms with Crippen LogP contribution < -0.4 is 14.8 Å². The van der Waals surface area contributed by atoms with Gasteiger partial charge in [0.1, 0.15) is 0 Å². The predicted molar refractivity (Wildman–Crippen MR) is 138 cm³/mol. The first-order valence-corrected chi connectivity index (χ1v) is 12.8. The maximum absolute atomic E-state index is 14.1. The fourth-order valence-electron chi connectivity index (χ4n) is 5.21. The summed E-state index contributed by atoms with van der Waals surface area (Å²) in [4.78, 5) is 13.4. The molecule has 0 radical (unpaired) electrons. The van der Waals surface area contributed by atoms with Gasteiger partial charge in [-0.05, 0) is 61.2 Å². The molecule has 7 heteroatoms. The normalized spacial score (nSPS) is 21.0. The number of hydrogen-bond acceptors (Lipinski definition) is 4. The Morgan fingerprint density at radius 2 is 1.86 bits per heavy atom. The molecule has 1 saturated carbocycles. The highest BCUT2D eigenvalue weighted by molar-refractivity contribution is 6.02. The molecule has 5 rings (SSSR count). The van der Waals surface area contributed by atoms with Gasteiger partial charge in [-0.25, -0.2) is 0 Å². The van der Waals surface area contributed by atoms with Crippen molar-refractivity contribution in [2.24, 2.45) is 0 Å². The SMILES string of the molecule is CCCC(O)Cn1c(C(C)(C)C)cc2cc(NC(=O)C3(c4ccc5c(c4)OC(C)(F)O5)CC3)ccc21. The molecule has 1 fully saturated rings. The first kappa shape index (κ1) is 24.6. The fraction of sp³-hybridized carbons (Fsp3) is 0.483. The lowest BCUT2D eigenvalue weighted by molar-refractivity contribution is -0.173. The number of hydrogen-bond donors (Lipinski definition) is 2. The lowest BCUT2D eigenvalue weighted by atomic mass is 9.92. The molecule has 1 aliphatic heterocycles. The van der Waals surface area contributed by atoms with Gasteiger partial charge in [0.05, 0.1) is 11.5 Å². The van der Waals surface area contributed by atoms with Gasteiger partial charge in [0, 0.05) is 41.2 Å². The van der Waals surface area contributed by atoms with Crippen molar-refractivity contribution in [3.8, 4) is 11.5 Å². The molecule has 3 aromatic rings. The molecule has 0 saturated heterocycles. The van der Waals surface area contributed by atoms with Gasteiger partial charge in [-0.1, -0.05) is 40.2 Å². The molecule has 2 unspecified atom stereocenters. The quantitative estimate of drug-likeness (QED) is 0.411. The van der Waals surface area contributed by atoms with E-state index in [9.17, 15) is 14.3 Å². The number of alkyl halides is 1. The van der Waals surface area contributed by atoms with E-state index in [4.69, 9.17) is 9.47 Å². The van der Waals surface area contributed by atoms with E-state index in [-0.39, 0.29) is 11.3 Å². The van der Waals surface area contributed by atoms with Crippen molar-refractivity contribution < 1.29 is 23.8 Å². The van der Waals surface area contributed by atoms with E-state index in [0.29, 0.717) is 30.9 Å². The van der Waals surface area contributed by atoms with Gasteiger partial charge in [-0.2, -0.15) is 4.39 Å². The van der Waals surface area contributed by atoms with Gasteiger partial charge in [0.15, 0.2) is 11.5 Å². The zero-order valence-corrected chi connectivity index (χ0v) is 21.7. The van der Waals surface area contributed by atoms with Crippen LogP contribution in [-0.4, -0.2) is 27.7 Å². The molecule has 0 bridgehead atoms. The van der Waals surface area contributed by atoms with Crippen LogP contribution in [0.25, 0.3) is 10.9 Å². The van der Waals surface area contributed by atoms with Crippen molar-refractivity contribution in [2.45, 2.75) is 89.8 Å². The fourth-order valence-corrected chi connectivity index (χ4v) is 5.21. The molecule has 2 aromatic carbocycles. The van der Waals surface area contributed by atoms with E-state index < -0.39 is 17.6 Å². The van der Waals surface area contributed by atoms with Gasteiger partial charge in [-0.3, -0.25) is 4.79 Å². The summed E-state index contributed by atoms with van der Waals surface area (Å²) in [7, 11) is 0. The minimum absolute atomic E-state index is 0.0856. The topological polar surface area (TPSA) is 72.7 Å². The Bertz CT molecular complexity index is 1320. The van der Waals surface area contributed by atoms with E-state index in [1.165, 1.54) is 6.92 Å². The smallest absolute Gasteiger partial charge is 0.404 e. The highest BCUT2D eigenvalue weighted by Crippen LogP contribution is 2.52. The number of aliphatic hydroxyl groups is 1. The number of ether oxygens (including phenoxy) is 2. The Kier molecular flexibility index (Phi) is 5.82. The number of carbonyl (C=O) groups is 1. The summed E-state index contributed by atoms with van der Waals surface area (Å²) in [5.74, 6) is 0.575. The van der Waals surface area contributed by atoms with Crippen molar-refractivity contribution in [3.63, 3.8) is 0 Å². The Morgan fingerprint density at radius 3 is 2.53 bits per heavy atom. The molecule has 1 aliphatic carbocycles.